The number of hydrogen-bond acceptors (Lipinski definition) is 5. The molecule has 0 aliphatic carbocycles. The number of nitrogens with zero attached hydrogens (tertiary/aromatic N) is 4. The molecule has 0 fully saturated rings. The summed E-state index contributed by atoms with van der Waals surface area (Å²) in [6, 6.07) is 34.2. The SMILES string of the molecule is Cn1ccc(-c2ccc(NC(=O)[C@@H](CCO[Si](c3ccccc3)(c3ccccc3)C(C)(C)C)n3cnc4cc(Cl)ccc4c3=O)cc2)n1. The van der Waals surface area contributed by atoms with E-state index in [1.54, 1.807) is 22.9 Å². The smallest absolute Gasteiger partial charge is 0.261 e. The Morgan fingerprint density at radius 1 is 0.917 bits per heavy atom. The van der Waals surface area contributed by atoms with Crippen LogP contribution in [-0.2, 0) is 16.3 Å². The van der Waals surface area contributed by atoms with E-state index in [0.717, 1.165) is 21.6 Å². The van der Waals surface area contributed by atoms with Crippen molar-refractivity contribution < 1.29 is 9.22 Å². The van der Waals surface area contributed by atoms with Gasteiger partial charge in [-0.2, -0.15) is 5.10 Å². The van der Waals surface area contributed by atoms with Crippen LogP contribution in [0.4, 0.5) is 5.69 Å². The Bertz CT molecular complexity index is 2050. The Kier molecular flexibility index (Phi) is 9.46. The second-order valence-electron chi connectivity index (χ2n) is 12.9. The van der Waals surface area contributed by atoms with E-state index in [4.69, 9.17) is 16.0 Å². The van der Waals surface area contributed by atoms with Gasteiger partial charge in [0.05, 0.1) is 22.9 Å². The predicted molar refractivity (Wildman–Crippen MR) is 196 cm³/mol. The minimum atomic E-state index is -2.88. The fourth-order valence-corrected chi connectivity index (χ4v) is 11.1. The van der Waals surface area contributed by atoms with Gasteiger partial charge in [-0.05, 0) is 58.2 Å². The first-order chi connectivity index (χ1) is 23.1. The fourth-order valence-electron chi connectivity index (χ4n) is 6.33. The number of anilines is 1. The van der Waals surface area contributed by atoms with Gasteiger partial charge < -0.3 is 9.74 Å². The zero-order valence-electron chi connectivity index (χ0n) is 27.4. The highest BCUT2D eigenvalue weighted by molar-refractivity contribution is 6.99. The normalized spacial score (nSPS) is 12.6. The van der Waals surface area contributed by atoms with Crippen molar-refractivity contribution in [3.05, 3.63) is 137 Å². The van der Waals surface area contributed by atoms with Crippen LogP contribution in [0.5, 0.6) is 0 Å². The van der Waals surface area contributed by atoms with Crippen LogP contribution >= 0.6 is 11.6 Å². The molecule has 1 N–H and O–H groups in total. The van der Waals surface area contributed by atoms with Crippen LogP contribution in [-0.4, -0.2) is 40.2 Å². The first-order valence-corrected chi connectivity index (χ1v) is 18.2. The lowest BCUT2D eigenvalue weighted by atomic mass is 10.1. The molecule has 6 aromatic rings. The molecule has 244 valence electrons. The van der Waals surface area contributed by atoms with Gasteiger partial charge in [-0.1, -0.05) is 105 Å². The first kappa shape index (κ1) is 33.1. The third-order valence-corrected chi connectivity index (χ3v) is 14.0. The fraction of sp³-hybridized carbons (Fsp3) is 0.211. The lowest BCUT2D eigenvalue weighted by Gasteiger charge is -2.43. The summed E-state index contributed by atoms with van der Waals surface area (Å²) < 4.78 is 10.3. The molecule has 1 amide bonds. The Balaban J connectivity index is 1.35. The van der Waals surface area contributed by atoms with Gasteiger partial charge in [0.25, 0.3) is 13.9 Å². The maximum atomic E-state index is 14.1. The number of amides is 1. The maximum Gasteiger partial charge on any atom is 0.261 e. The van der Waals surface area contributed by atoms with Crippen LogP contribution in [0.15, 0.2) is 127 Å². The van der Waals surface area contributed by atoms with Crippen molar-refractivity contribution in [2.75, 3.05) is 11.9 Å². The number of benzene rings is 4. The zero-order chi connectivity index (χ0) is 33.9. The van der Waals surface area contributed by atoms with E-state index in [0.29, 0.717) is 21.6 Å². The molecule has 0 aliphatic rings. The number of aromatic nitrogens is 4. The molecule has 0 aliphatic heterocycles. The number of halogens is 1. The van der Waals surface area contributed by atoms with Gasteiger partial charge >= 0.3 is 0 Å². The van der Waals surface area contributed by atoms with E-state index in [2.05, 4.69) is 60.4 Å². The van der Waals surface area contributed by atoms with Crippen molar-refractivity contribution in [2.24, 2.45) is 7.05 Å². The third-order valence-electron chi connectivity index (χ3n) is 8.67. The lowest BCUT2D eigenvalue weighted by Crippen LogP contribution is -2.66. The molecule has 8 nitrogen and oxygen atoms in total. The summed E-state index contributed by atoms with van der Waals surface area (Å²) in [5, 5.41) is 10.4. The minimum Gasteiger partial charge on any atom is -0.407 e. The first-order valence-electron chi connectivity index (χ1n) is 15.9. The molecular formula is C38H38ClN5O3Si. The summed E-state index contributed by atoms with van der Waals surface area (Å²) in [6.07, 6.45) is 3.55. The van der Waals surface area contributed by atoms with Crippen LogP contribution in [0.2, 0.25) is 10.1 Å². The molecule has 4 aromatic carbocycles. The van der Waals surface area contributed by atoms with Crippen molar-refractivity contribution in [3.8, 4) is 11.3 Å². The summed E-state index contributed by atoms with van der Waals surface area (Å²) in [4.78, 5) is 32.5. The molecule has 0 radical (unpaired) electrons. The Labute approximate surface area is 286 Å². The lowest BCUT2D eigenvalue weighted by molar-refractivity contribution is -0.119. The number of rotatable bonds is 10. The van der Waals surface area contributed by atoms with Crippen LogP contribution in [0, 0.1) is 0 Å². The molecule has 2 heterocycles. The molecule has 6 rings (SSSR count). The number of carbonyl (C=O) groups is 1. The van der Waals surface area contributed by atoms with Crippen molar-refractivity contribution >= 4 is 52.8 Å². The largest absolute Gasteiger partial charge is 0.407 e. The van der Waals surface area contributed by atoms with Crippen LogP contribution in [0.25, 0.3) is 22.2 Å². The van der Waals surface area contributed by atoms with E-state index in [-0.39, 0.29) is 29.5 Å². The summed E-state index contributed by atoms with van der Waals surface area (Å²) in [7, 11) is -1.01. The van der Waals surface area contributed by atoms with E-state index in [1.807, 2.05) is 80.0 Å². The molecule has 2 aromatic heterocycles. The minimum absolute atomic E-state index is 0.231. The molecule has 1 atom stereocenters. The number of fused-ring (bicyclic) bond motifs is 1. The van der Waals surface area contributed by atoms with Crippen LogP contribution < -0.4 is 21.2 Å². The standard InChI is InChI=1S/C38H38ClN5O3Si/c1-38(2,3)48(30-11-7-5-8-12-30,31-13-9-6-10-14-31)47-24-22-35(44-26-40-34-25-28(39)17-20-32(34)37(44)46)36(45)41-29-18-15-27(16-19-29)33-21-23-43(4)42-33/h5-21,23,25-26,35H,22,24H2,1-4H3,(H,41,45)/t35-/m1/s1. The molecular weight excluding hydrogens is 638 g/mol. The van der Waals surface area contributed by atoms with Crippen molar-refractivity contribution in [2.45, 2.75) is 38.3 Å². The Morgan fingerprint density at radius 2 is 1.56 bits per heavy atom. The van der Waals surface area contributed by atoms with E-state index in [9.17, 15) is 9.59 Å². The van der Waals surface area contributed by atoms with E-state index < -0.39 is 14.4 Å². The highest BCUT2D eigenvalue weighted by atomic mass is 35.5. The van der Waals surface area contributed by atoms with Gasteiger partial charge in [0.1, 0.15) is 6.04 Å². The van der Waals surface area contributed by atoms with Gasteiger partial charge in [-0.25, -0.2) is 4.98 Å². The number of hydrogen-bond donors (Lipinski definition) is 1. The van der Waals surface area contributed by atoms with Crippen molar-refractivity contribution in [1.82, 2.24) is 19.3 Å². The monoisotopic (exact) mass is 675 g/mol. The summed E-state index contributed by atoms with van der Waals surface area (Å²) >= 11 is 6.18. The van der Waals surface area contributed by atoms with E-state index >= 15 is 0 Å². The molecule has 0 unspecified atom stereocenters. The highest BCUT2D eigenvalue weighted by Gasteiger charge is 2.50. The van der Waals surface area contributed by atoms with Gasteiger partial charge in [0.15, 0.2) is 0 Å². The van der Waals surface area contributed by atoms with Crippen LogP contribution in [0.3, 0.4) is 0 Å². The highest BCUT2D eigenvalue weighted by Crippen LogP contribution is 2.37. The summed E-state index contributed by atoms with van der Waals surface area (Å²) in [6.45, 7) is 6.86. The molecule has 10 heteroatoms. The van der Waals surface area contributed by atoms with Gasteiger partial charge in [0, 0.05) is 36.1 Å². The van der Waals surface area contributed by atoms with E-state index in [1.165, 1.54) is 10.9 Å². The second-order valence-corrected chi connectivity index (χ2v) is 17.6. The van der Waals surface area contributed by atoms with Crippen molar-refractivity contribution in [3.63, 3.8) is 0 Å². The molecule has 0 saturated carbocycles. The average Bonchev–Trinajstić information content (AvgIpc) is 3.52. The number of aryl methyl sites for hydroxylation is 1. The van der Waals surface area contributed by atoms with Gasteiger partial charge in [-0.3, -0.25) is 18.8 Å². The Morgan fingerprint density at radius 3 is 2.15 bits per heavy atom. The number of carbonyl (C=O) groups excluding carboxylic acids is 1. The molecule has 48 heavy (non-hydrogen) atoms. The molecule has 0 bridgehead atoms. The predicted octanol–water partition coefficient (Wildman–Crippen LogP) is 6.60. The Hall–Kier alpha value is -4.83. The molecule has 0 saturated heterocycles. The van der Waals surface area contributed by atoms with Crippen molar-refractivity contribution in [1.29, 1.82) is 0 Å². The van der Waals surface area contributed by atoms with Gasteiger partial charge in [0.2, 0.25) is 5.91 Å². The topological polar surface area (TPSA) is 91.0 Å². The van der Waals surface area contributed by atoms with Gasteiger partial charge in [-0.15, -0.1) is 0 Å². The average molecular weight is 676 g/mol. The quantitative estimate of drug-likeness (QED) is 0.165. The zero-order valence-corrected chi connectivity index (χ0v) is 29.2. The molecule has 0 spiro atoms. The summed E-state index contributed by atoms with van der Waals surface area (Å²) in [5.41, 5.74) is 2.51. The van der Waals surface area contributed by atoms with Crippen LogP contribution in [0.1, 0.15) is 33.2 Å². The third kappa shape index (κ3) is 6.62. The maximum absolute atomic E-state index is 14.1. The number of nitrogens with one attached hydrogen (secondary N) is 1. The summed E-state index contributed by atoms with van der Waals surface area (Å²) in [5.74, 6) is -0.344. The second kappa shape index (κ2) is 13.7.